The molecule has 0 saturated carbocycles. The Bertz CT molecular complexity index is 377. The van der Waals surface area contributed by atoms with Crippen LogP contribution in [0.4, 0.5) is 5.69 Å². The summed E-state index contributed by atoms with van der Waals surface area (Å²) in [5.41, 5.74) is 7.07. The van der Waals surface area contributed by atoms with Crippen molar-refractivity contribution >= 4 is 5.69 Å². The van der Waals surface area contributed by atoms with E-state index in [2.05, 4.69) is 4.98 Å². The van der Waals surface area contributed by atoms with Crippen LogP contribution in [-0.2, 0) is 0 Å². The van der Waals surface area contributed by atoms with Crippen LogP contribution in [0.15, 0.2) is 12.3 Å². The third-order valence-corrected chi connectivity index (χ3v) is 2.55. The fraction of sp³-hybridized carbons (Fsp3) is 0.500. The summed E-state index contributed by atoms with van der Waals surface area (Å²) in [4.78, 5) is 14.5. The van der Waals surface area contributed by atoms with Crippen molar-refractivity contribution in [2.75, 3.05) is 0 Å². The molecule has 0 bridgehead atoms. The molecule has 82 valence electrons. The Morgan fingerprint density at radius 3 is 2.60 bits per heavy atom. The minimum absolute atomic E-state index is 0.0179. The molecule has 0 amide bonds. The molecule has 2 atom stereocenters. The molecule has 15 heavy (non-hydrogen) atoms. The largest absolute Gasteiger partial charge is 0.327 e. The molecule has 0 radical (unpaired) electrons. The first-order valence-electron chi connectivity index (χ1n) is 4.80. The molecule has 2 unspecified atom stereocenters. The number of aryl methyl sites for hydroxylation is 1. The van der Waals surface area contributed by atoms with E-state index >= 15 is 0 Å². The SMILES string of the molecule is Cc1cnc(C(C)C(C)N)cc1[N+](=O)[O-]. The van der Waals surface area contributed by atoms with E-state index in [-0.39, 0.29) is 17.6 Å². The molecule has 1 heterocycles. The van der Waals surface area contributed by atoms with Gasteiger partial charge < -0.3 is 5.73 Å². The minimum Gasteiger partial charge on any atom is -0.327 e. The lowest BCUT2D eigenvalue weighted by atomic mass is 9.99. The predicted molar refractivity (Wildman–Crippen MR) is 57.7 cm³/mol. The molecule has 0 fully saturated rings. The number of aromatic nitrogens is 1. The molecule has 5 heteroatoms. The van der Waals surface area contributed by atoms with Gasteiger partial charge in [-0.3, -0.25) is 15.1 Å². The molecule has 0 aromatic carbocycles. The average molecular weight is 209 g/mol. The van der Waals surface area contributed by atoms with Crippen molar-refractivity contribution < 1.29 is 4.92 Å². The number of nitrogens with zero attached hydrogens (tertiary/aromatic N) is 2. The maximum atomic E-state index is 10.7. The molecule has 1 aromatic rings. The molecule has 0 saturated heterocycles. The summed E-state index contributed by atoms with van der Waals surface area (Å²) in [7, 11) is 0. The molecule has 0 aliphatic heterocycles. The summed E-state index contributed by atoms with van der Waals surface area (Å²) in [5.74, 6) is 0.0179. The fourth-order valence-corrected chi connectivity index (χ4v) is 1.24. The Kier molecular flexibility index (Phi) is 3.36. The lowest BCUT2D eigenvalue weighted by molar-refractivity contribution is -0.385. The Balaban J connectivity index is 3.13. The highest BCUT2D eigenvalue weighted by atomic mass is 16.6. The highest BCUT2D eigenvalue weighted by molar-refractivity contribution is 5.39. The van der Waals surface area contributed by atoms with Crippen LogP contribution in [0.3, 0.4) is 0 Å². The maximum absolute atomic E-state index is 10.7. The van der Waals surface area contributed by atoms with E-state index in [9.17, 15) is 10.1 Å². The van der Waals surface area contributed by atoms with Crippen LogP contribution in [0.2, 0.25) is 0 Å². The maximum Gasteiger partial charge on any atom is 0.275 e. The zero-order valence-electron chi connectivity index (χ0n) is 9.10. The molecule has 1 rings (SSSR count). The van der Waals surface area contributed by atoms with Crippen molar-refractivity contribution in [3.63, 3.8) is 0 Å². The zero-order valence-corrected chi connectivity index (χ0v) is 9.10. The second-order valence-corrected chi connectivity index (χ2v) is 3.80. The summed E-state index contributed by atoms with van der Waals surface area (Å²) in [5, 5.41) is 10.7. The van der Waals surface area contributed by atoms with Crippen LogP contribution in [0.1, 0.15) is 31.0 Å². The van der Waals surface area contributed by atoms with E-state index in [4.69, 9.17) is 5.73 Å². The highest BCUT2D eigenvalue weighted by Crippen LogP contribution is 2.23. The third-order valence-electron chi connectivity index (χ3n) is 2.55. The van der Waals surface area contributed by atoms with Gasteiger partial charge in [-0.25, -0.2) is 0 Å². The first-order chi connectivity index (χ1) is 6.93. The monoisotopic (exact) mass is 209 g/mol. The molecular weight excluding hydrogens is 194 g/mol. The molecule has 5 nitrogen and oxygen atoms in total. The lowest BCUT2D eigenvalue weighted by Gasteiger charge is -2.14. The van der Waals surface area contributed by atoms with Crippen molar-refractivity contribution in [2.45, 2.75) is 32.7 Å². The number of hydrogen-bond acceptors (Lipinski definition) is 4. The second kappa shape index (κ2) is 4.35. The van der Waals surface area contributed by atoms with E-state index in [0.29, 0.717) is 11.3 Å². The Morgan fingerprint density at radius 2 is 2.13 bits per heavy atom. The smallest absolute Gasteiger partial charge is 0.275 e. The van der Waals surface area contributed by atoms with Crippen molar-refractivity contribution in [2.24, 2.45) is 5.73 Å². The van der Waals surface area contributed by atoms with Gasteiger partial charge in [0.05, 0.1) is 10.6 Å². The van der Waals surface area contributed by atoms with E-state index in [1.165, 1.54) is 12.3 Å². The van der Waals surface area contributed by atoms with E-state index in [0.717, 1.165) is 0 Å². The molecular formula is C10H15N3O2. The van der Waals surface area contributed by atoms with Gasteiger partial charge in [0.1, 0.15) is 0 Å². The van der Waals surface area contributed by atoms with Gasteiger partial charge in [-0.1, -0.05) is 6.92 Å². The summed E-state index contributed by atoms with van der Waals surface area (Å²) < 4.78 is 0. The molecule has 0 aliphatic carbocycles. The Labute approximate surface area is 88.5 Å². The average Bonchev–Trinajstić information content (AvgIpc) is 2.16. The zero-order chi connectivity index (χ0) is 11.6. The van der Waals surface area contributed by atoms with Gasteiger partial charge in [0.25, 0.3) is 5.69 Å². The first kappa shape index (κ1) is 11.6. The molecule has 0 spiro atoms. The van der Waals surface area contributed by atoms with E-state index in [1.54, 1.807) is 6.92 Å². The van der Waals surface area contributed by atoms with Crippen molar-refractivity contribution in [3.05, 3.63) is 33.6 Å². The summed E-state index contributed by atoms with van der Waals surface area (Å²) in [6.07, 6.45) is 1.52. The van der Waals surface area contributed by atoms with Crippen LogP contribution in [-0.4, -0.2) is 15.9 Å². The van der Waals surface area contributed by atoms with Gasteiger partial charge in [-0.2, -0.15) is 0 Å². The number of rotatable bonds is 3. The van der Waals surface area contributed by atoms with Gasteiger partial charge in [0, 0.05) is 29.8 Å². The van der Waals surface area contributed by atoms with E-state index < -0.39 is 4.92 Å². The second-order valence-electron chi connectivity index (χ2n) is 3.80. The number of pyridine rings is 1. The lowest BCUT2D eigenvalue weighted by Crippen LogP contribution is -2.23. The standard InChI is InChI=1S/C10H15N3O2/c1-6-5-12-9(7(2)8(3)11)4-10(6)13(14)15/h4-5,7-8H,11H2,1-3H3. The quantitative estimate of drug-likeness (QED) is 0.607. The number of hydrogen-bond donors (Lipinski definition) is 1. The van der Waals surface area contributed by atoms with Crippen LogP contribution < -0.4 is 5.73 Å². The summed E-state index contributed by atoms with van der Waals surface area (Å²) >= 11 is 0. The minimum atomic E-state index is -0.394. The highest BCUT2D eigenvalue weighted by Gasteiger charge is 2.17. The van der Waals surface area contributed by atoms with Crippen LogP contribution in [0, 0.1) is 17.0 Å². The van der Waals surface area contributed by atoms with Gasteiger partial charge >= 0.3 is 0 Å². The topological polar surface area (TPSA) is 82.0 Å². The first-order valence-corrected chi connectivity index (χ1v) is 4.80. The van der Waals surface area contributed by atoms with Crippen molar-refractivity contribution in [1.82, 2.24) is 4.98 Å². The number of nitrogens with two attached hydrogens (primary N) is 1. The Hall–Kier alpha value is -1.49. The molecule has 0 aliphatic rings. The van der Waals surface area contributed by atoms with Gasteiger partial charge in [0.2, 0.25) is 0 Å². The number of nitro groups is 1. The summed E-state index contributed by atoms with van der Waals surface area (Å²) in [6, 6.07) is 1.43. The van der Waals surface area contributed by atoms with Gasteiger partial charge in [-0.15, -0.1) is 0 Å². The van der Waals surface area contributed by atoms with Gasteiger partial charge in [-0.05, 0) is 13.8 Å². The Morgan fingerprint density at radius 1 is 1.53 bits per heavy atom. The predicted octanol–water partition coefficient (Wildman–Crippen LogP) is 1.75. The van der Waals surface area contributed by atoms with Crippen LogP contribution in [0.25, 0.3) is 0 Å². The van der Waals surface area contributed by atoms with Crippen molar-refractivity contribution in [1.29, 1.82) is 0 Å². The third kappa shape index (κ3) is 2.50. The van der Waals surface area contributed by atoms with Gasteiger partial charge in [0.15, 0.2) is 0 Å². The summed E-state index contributed by atoms with van der Waals surface area (Å²) in [6.45, 7) is 5.44. The molecule has 1 aromatic heterocycles. The van der Waals surface area contributed by atoms with Crippen LogP contribution >= 0.6 is 0 Å². The normalized spacial score (nSPS) is 14.7. The van der Waals surface area contributed by atoms with E-state index in [1.807, 2.05) is 13.8 Å². The van der Waals surface area contributed by atoms with Crippen LogP contribution in [0.5, 0.6) is 0 Å². The fourth-order valence-electron chi connectivity index (χ4n) is 1.24. The van der Waals surface area contributed by atoms with Crippen molar-refractivity contribution in [3.8, 4) is 0 Å². The molecule has 2 N–H and O–H groups in total.